The Bertz CT molecular complexity index is 565. The van der Waals surface area contributed by atoms with Crippen LogP contribution in [0.2, 0.25) is 0 Å². The number of thioether (sulfide) groups is 2. The molecular formula is C15H16N2OS2. The summed E-state index contributed by atoms with van der Waals surface area (Å²) in [5.74, 6) is -0.139. The highest BCUT2D eigenvalue weighted by atomic mass is 32.2. The fourth-order valence-corrected chi connectivity index (χ4v) is 2.71. The molecule has 2 N–H and O–H groups in total. The lowest BCUT2D eigenvalue weighted by Crippen LogP contribution is -2.29. The van der Waals surface area contributed by atoms with Crippen molar-refractivity contribution >= 4 is 35.1 Å². The van der Waals surface area contributed by atoms with E-state index in [9.17, 15) is 4.79 Å². The summed E-state index contributed by atoms with van der Waals surface area (Å²) in [6, 6.07) is 15.4. The topological polar surface area (TPSA) is 41.1 Å². The van der Waals surface area contributed by atoms with Gasteiger partial charge in [-0.05, 0) is 42.8 Å². The van der Waals surface area contributed by atoms with E-state index in [-0.39, 0.29) is 5.91 Å². The van der Waals surface area contributed by atoms with E-state index in [0.29, 0.717) is 5.56 Å². The Morgan fingerprint density at radius 3 is 2.10 bits per heavy atom. The molecule has 0 aliphatic carbocycles. The summed E-state index contributed by atoms with van der Waals surface area (Å²) in [5.41, 5.74) is 7.13. The molecule has 104 valence electrons. The molecule has 0 fully saturated rings. The van der Waals surface area contributed by atoms with Crippen LogP contribution in [0.3, 0.4) is 0 Å². The number of anilines is 1. The van der Waals surface area contributed by atoms with E-state index in [4.69, 9.17) is 0 Å². The second-order valence-corrected chi connectivity index (χ2v) is 5.81. The molecule has 2 rings (SSSR count). The SMILES string of the molecule is CSc1cc(SC)cc(C(=O)NNc2ccccc2)c1. The summed E-state index contributed by atoms with van der Waals surface area (Å²) in [7, 11) is 0. The van der Waals surface area contributed by atoms with Crippen molar-refractivity contribution in [2.75, 3.05) is 17.9 Å². The zero-order valence-electron chi connectivity index (χ0n) is 11.3. The van der Waals surface area contributed by atoms with Gasteiger partial charge in [-0.2, -0.15) is 0 Å². The number of amides is 1. The van der Waals surface area contributed by atoms with Gasteiger partial charge in [0, 0.05) is 15.4 Å². The molecule has 0 bridgehead atoms. The number of para-hydroxylation sites is 1. The summed E-state index contributed by atoms with van der Waals surface area (Å²) in [6.45, 7) is 0. The van der Waals surface area contributed by atoms with Crippen LogP contribution in [-0.4, -0.2) is 18.4 Å². The predicted octanol–water partition coefficient (Wildman–Crippen LogP) is 3.89. The lowest BCUT2D eigenvalue weighted by molar-refractivity contribution is 0.0962. The number of rotatable bonds is 5. The van der Waals surface area contributed by atoms with E-state index in [0.717, 1.165) is 15.5 Å². The molecule has 0 aliphatic heterocycles. The van der Waals surface area contributed by atoms with E-state index in [1.54, 1.807) is 23.5 Å². The monoisotopic (exact) mass is 304 g/mol. The van der Waals surface area contributed by atoms with E-state index < -0.39 is 0 Å². The van der Waals surface area contributed by atoms with Crippen LogP contribution in [0.5, 0.6) is 0 Å². The second kappa shape index (κ2) is 7.26. The molecule has 1 amide bonds. The number of hydrogen-bond acceptors (Lipinski definition) is 4. The van der Waals surface area contributed by atoms with Gasteiger partial charge in [-0.3, -0.25) is 15.6 Å². The highest BCUT2D eigenvalue weighted by Gasteiger charge is 2.08. The van der Waals surface area contributed by atoms with Crippen molar-refractivity contribution in [3.05, 3.63) is 54.1 Å². The number of carbonyl (C=O) groups is 1. The summed E-state index contributed by atoms with van der Waals surface area (Å²) >= 11 is 3.26. The van der Waals surface area contributed by atoms with Gasteiger partial charge in [0.1, 0.15) is 0 Å². The van der Waals surface area contributed by atoms with Crippen molar-refractivity contribution in [1.82, 2.24) is 5.43 Å². The van der Waals surface area contributed by atoms with Crippen molar-refractivity contribution in [3.8, 4) is 0 Å². The third kappa shape index (κ3) is 3.95. The molecule has 0 aromatic heterocycles. The van der Waals surface area contributed by atoms with Crippen molar-refractivity contribution in [3.63, 3.8) is 0 Å². The molecule has 0 atom stereocenters. The van der Waals surface area contributed by atoms with Gasteiger partial charge >= 0.3 is 0 Å². The third-order valence-corrected chi connectivity index (χ3v) is 4.12. The Morgan fingerprint density at radius 2 is 1.55 bits per heavy atom. The first-order valence-corrected chi connectivity index (χ1v) is 8.52. The van der Waals surface area contributed by atoms with E-state index in [1.807, 2.05) is 55.0 Å². The van der Waals surface area contributed by atoms with E-state index in [2.05, 4.69) is 16.9 Å². The molecular weight excluding hydrogens is 288 g/mol. The molecule has 20 heavy (non-hydrogen) atoms. The summed E-state index contributed by atoms with van der Waals surface area (Å²) < 4.78 is 0. The van der Waals surface area contributed by atoms with Crippen LogP contribution >= 0.6 is 23.5 Å². The van der Waals surface area contributed by atoms with Crippen molar-refractivity contribution in [2.45, 2.75) is 9.79 Å². The van der Waals surface area contributed by atoms with Crippen LogP contribution in [0.4, 0.5) is 5.69 Å². The average Bonchev–Trinajstić information content (AvgIpc) is 2.52. The van der Waals surface area contributed by atoms with Crippen LogP contribution in [-0.2, 0) is 0 Å². The number of nitrogens with one attached hydrogen (secondary N) is 2. The average molecular weight is 304 g/mol. The molecule has 0 aliphatic rings. The van der Waals surface area contributed by atoms with Gasteiger partial charge in [0.2, 0.25) is 0 Å². The molecule has 0 spiro atoms. The van der Waals surface area contributed by atoms with Gasteiger partial charge in [-0.1, -0.05) is 18.2 Å². The molecule has 0 heterocycles. The zero-order chi connectivity index (χ0) is 14.4. The fraction of sp³-hybridized carbons (Fsp3) is 0.133. The molecule has 0 saturated carbocycles. The first-order valence-electron chi connectivity index (χ1n) is 6.07. The minimum Gasteiger partial charge on any atom is -0.298 e. The zero-order valence-corrected chi connectivity index (χ0v) is 13.0. The Hall–Kier alpha value is -1.59. The minimum atomic E-state index is -0.139. The Balaban J connectivity index is 2.08. The highest BCUT2D eigenvalue weighted by Crippen LogP contribution is 2.24. The first-order chi connectivity index (χ1) is 9.72. The first kappa shape index (κ1) is 14.8. The molecule has 3 nitrogen and oxygen atoms in total. The second-order valence-electron chi connectivity index (χ2n) is 4.05. The number of hydrogen-bond donors (Lipinski definition) is 2. The van der Waals surface area contributed by atoms with Crippen LogP contribution in [0.1, 0.15) is 10.4 Å². The van der Waals surface area contributed by atoms with Crippen molar-refractivity contribution in [2.24, 2.45) is 0 Å². The lowest BCUT2D eigenvalue weighted by atomic mass is 10.2. The third-order valence-electron chi connectivity index (χ3n) is 2.71. The Morgan fingerprint density at radius 1 is 0.950 bits per heavy atom. The maximum atomic E-state index is 12.2. The van der Waals surface area contributed by atoms with Crippen molar-refractivity contribution in [1.29, 1.82) is 0 Å². The normalized spacial score (nSPS) is 10.1. The minimum absolute atomic E-state index is 0.139. The van der Waals surface area contributed by atoms with Gasteiger partial charge in [0.05, 0.1) is 5.69 Å². The van der Waals surface area contributed by atoms with E-state index in [1.165, 1.54) is 0 Å². The van der Waals surface area contributed by atoms with E-state index >= 15 is 0 Å². The van der Waals surface area contributed by atoms with Crippen LogP contribution < -0.4 is 10.9 Å². The predicted molar refractivity (Wildman–Crippen MR) is 87.5 cm³/mol. The lowest BCUT2D eigenvalue weighted by Gasteiger charge is -2.10. The van der Waals surface area contributed by atoms with Crippen LogP contribution in [0, 0.1) is 0 Å². The fourth-order valence-electron chi connectivity index (χ4n) is 1.66. The number of hydrazine groups is 1. The Kier molecular flexibility index (Phi) is 5.38. The number of carbonyl (C=O) groups excluding carboxylic acids is 1. The Labute approximate surface area is 127 Å². The smallest absolute Gasteiger partial charge is 0.269 e. The van der Waals surface area contributed by atoms with Crippen LogP contribution in [0.15, 0.2) is 58.3 Å². The van der Waals surface area contributed by atoms with Gasteiger partial charge in [-0.15, -0.1) is 23.5 Å². The summed E-state index contributed by atoms with van der Waals surface area (Å²) in [4.78, 5) is 14.3. The largest absolute Gasteiger partial charge is 0.298 e. The van der Waals surface area contributed by atoms with Gasteiger partial charge in [-0.25, -0.2) is 0 Å². The molecule has 2 aromatic rings. The van der Waals surface area contributed by atoms with Gasteiger partial charge in [0.15, 0.2) is 0 Å². The van der Waals surface area contributed by atoms with Crippen molar-refractivity contribution < 1.29 is 4.79 Å². The highest BCUT2D eigenvalue weighted by molar-refractivity contribution is 7.99. The van der Waals surface area contributed by atoms with Gasteiger partial charge in [0.25, 0.3) is 5.91 Å². The van der Waals surface area contributed by atoms with Gasteiger partial charge < -0.3 is 0 Å². The maximum Gasteiger partial charge on any atom is 0.269 e. The quantitative estimate of drug-likeness (QED) is 0.649. The molecule has 0 unspecified atom stereocenters. The summed E-state index contributed by atoms with van der Waals surface area (Å²) in [6.07, 6.45) is 4.01. The standard InChI is InChI=1S/C15H16N2OS2/c1-19-13-8-11(9-14(10-13)20-2)15(18)17-16-12-6-4-3-5-7-12/h3-10,16H,1-2H3,(H,17,18). The molecule has 2 aromatic carbocycles. The summed E-state index contributed by atoms with van der Waals surface area (Å²) in [5, 5.41) is 0. The number of benzene rings is 2. The molecule has 0 radical (unpaired) electrons. The molecule has 0 saturated heterocycles. The molecule has 5 heteroatoms. The maximum absolute atomic E-state index is 12.2. The van der Waals surface area contributed by atoms with Crippen LogP contribution in [0.25, 0.3) is 0 Å².